The number of para-hydroxylation sites is 1. The van der Waals surface area contributed by atoms with Crippen molar-refractivity contribution in [3.63, 3.8) is 0 Å². The van der Waals surface area contributed by atoms with E-state index in [4.69, 9.17) is 4.74 Å². The molecule has 0 amide bonds. The third-order valence-electron chi connectivity index (χ3n) is 4.45. The van der Waals surface area contributed by atoms with Gasteiger partial charge >= 0.3 is 5.97 Å². The molecule has 0 fully saturated rings. The van der Waals surface area contributed by atoms with E-state index in [1.807, 2.05) is 0 Å². The van der Waals surface area contributed by atoms with Crippen molar-refractivity contribution >= 4 is 32.6 Å². The molecule has 11 heteroatoms. The molecular formula is C21H15FN4O5S. The fourth-order valence-corrected chi connectivity index (χ4v) is 3.96. The van der Waals surface area contributed by atoms with Gasteiger partial charge in [-0.1, -0.05) is 35.5 Å². The van der Waals surface area contributed by atoms with Gasteiger partial charge in [0.2, 0.25) is 0 Å². The summed E-state index contributed by atoms with van der Waals surface area (Å²) in [6.07, 6.45) is 0. The molecule has 0 spiro atoms. The maximum Gasteiger partial charge on any atom is 0.339 e. The molecule has 1 N–H and O–H groups in total. The van der Waals surface area contributed by atoms with Gasteiger partial charge in [-0.15, -0.1) is 5.10 Å². The molecule has 0 saturated carbocycles. The number of esters is 1. The number of benzene rings is 3. The number of sulfonamides is 1. The Morgan fingerprint density at radius 1 is 1.03 bits per heavy atom. The highest BCUT2D eigenvalue weighted by Gasteiger charge is 2.19. The number of rotatable bonds is 6. The summed E-state index contributed by atoms with van der Waals surface area (Å²) in [5.74, 6) is -1.62. The molecule has 4 aromatic rings. The van der Waals surface area contributed by atoms with E-state index in [2.05, 4.69) is 15.0 Å². The molecule has 9 nitrogen and oxygen atoms in total. The lowest BCUT2D eigenvalue weighted by atomic mass is 10.2. The lowest BCUT2D eigenvalue weighted by molar-refractivity contribution is 0.0336. The first kappa shape index (κ1) is 21.1. The number of fused-ring (bicyclic) bond motifs is 1. The number of hydrogen-bond donors (Lipinski definition) is 1. The maximum absolute atomic E-state index is 13.8. The van der Waals surface area contributed by atoms with Crippen molar-refractivity contribution in [2.75, 3.05) is 4.72 Å². The number of carbonyl (C=O) groups excluding carboxylic acids is 1. The number of anilines is 1. The summed E-state index contributed by atoms with van der Waals surface area (Å²) in [6, 6.07) is 16.9. The van der Waals surface area contributed by atoms with Crippen LogP contribution in [0.1, 0.15) is 10.4 Å². The molecule has 0 bridgehead atoms. The Bertz CT molecular complexity index is 1490. The van der Waals surface area contributed by atoms with Crippen molar-refractivity contribution < 1.29 is 22.3 Å². The molecule has 3 aromatic carbocycles. The molecule has 0 unspecified atom stereocenters. The molecule has 162 valence electrons. The SMILES string of the molecule is O=C(OCn1nnc2ccccc2c1=O)c1cccc(S(=O)(=O)Nc2ccccc2F)c1. The van der Waals surface area contributed by atoms with Gasteiger partial charge in [-0.2, -0.15) is 4.68 Å². The monoisotopic (exact) mass is 454 g/mol. The highest BCUT2D eigenvalue weighted by molar-refractivity contribution is 7.92. The van der Waals surface area contributed by atoms with E-state index in [1.165, 1.54) is 36.4 Å². The minimum atomic E-state index is -4.17. The van der Waals surface area contributed by atoms with Gasteiger partial charge in [0.05, 0.1) is 21.5 Å². The Morgan fingerprint density at radius 3 is 2.59 bits per heavy atom. The molecule has 1 aromatic heterocycles. The zero-order valence-corrected chi connectivity index (χ0v) is 17.1. The zero-order chi connectivity index (χ0) is 22.7. The van der Waals surface area contributed by atoms with Crippen molar-refractivity contribution in [1.82, 2.24) is 15.0 Å². The van der Waals surface area contributed by atoms with Crippen LogP contribution < -0.4 is 10.3 Å². The van der Waals surface area contributed by atoms with Crippen molar-refractivity contribution in [2.24, 2.45) is 0 Å². The summed E-state index contributed by atoms with van der Waals surface area (Å²) in [4.78, 5) is 24.6. The summed E-state index contributed by atoms with van der Waals surface area (Å²) in [5.41, 5.74) is -0.396. The van der Waals surface area contributed by atoms with E-state index in [-0.39, 0.29) is 16.1 Å². The summed E-state index contributed by atoms with van der Waals surface area (Å²) in [7, 11) is -4.17. The predicted molar refractivity (Wildman–Crippen MR) is 113 cm³/mol. The Morgan fingerprint density at radius 2 is 1.78 bits per heavy atom. The third kappa shape index (κ3) is 4.32. The molecule has 0 aliphatic rings. The standard InChI is InChI=1S/C21H15FN4O5S/c22-17-9-2-4-11-19(17)24-32(29,30)15-7-5-6-14(12-15)21(28)31-13-26-20(27)16-8-1-3-10-18(16)23-25-26/h1-12,24H,13H2. The number of halogens is 1. The molecule has 32 heavy (non-hydrogen) atoms. The van der Waals surface area contributed by atoms with Crippen LogP contribution in [-0.4, -0.2) is 29.4 Å². The predicted octanol–water partition coefficient (Wildman–Crippen LogP) is 2.55. The van der Waals surface area contributed by atoms with Gasteiger partial charge in [0.25, 0.3) is 15.6 Å². The van der Waals surface area contributed by atoms with Crippen LogP contribution in [0.5, 0.6) is 0 Å². The molecule has 0 aliphatic carbocycles. The molecule has 0 saturated heterocycles. The molecule has 0 atom stereocenters. The van der Waals surface area contributed by atoms with E-state index >= 15 is 0 Å². The van der Waals surface area contributed by atoms with Gasteiger partial charge in [0, 0.05) is 0 Å². The first-order valence-corrected chi connectivity index (χ1v) is 10.7. The van der Waals surface area contributed by atoms with E-state index in [9.17, 15) is 22.4 Å². The topological polar surface area (TPSA) is 120 Å². The van der Waals surface area contributed by atoms with Crippen LogP contribution in [0.15, 0.2) is 82.5 Å². The van der Waals surface area contributed by atoms with Crippen LogP contribution in [0.3, 0.4) is 0 Å². The van der Waals surface area contributed by atoms with Gasteiger partial charge in [-0.05, 0) is 42.5 Å². The summed E-state index contributed by atoms with van der Waals surface area (Å²) < 4.78 is 47.1. The van der Waals surface area contributed by atoms with Gasteiger partial charge < -0.3 is 4.74 Å². The first-order chi connectivity index (χ1) is 15.3. The fraction of sp³-hybridized carbons (Fsp3) is 0.0476. The average molecular weight is 454 g/mol. The Hall–Kier alpha value is -4.12. The minimum Gasteiger partial charge on any atom is -0.439 e. The molecule has 0 aliphatic heterocycles. The van der Waals surface area contributed by atoms with Crippen molar-refractivity contribution in [2.45, 2.75) is 11.6 Å². The summed E-state index contributed by atoms with van der Waals surface area (Å²) >= 11 is 0. The van der Waals surface area contributed by atoms with Crippen LogP contribution in [0.2, 0.25) is 0 Å². The fourth-order valence-electron chi connectivity index (χ4n) is 2.85. The third-order valence-corrected chi connectivity index (χ3v) is 5.81. The van der Waals surface area contributed by atoms with Crippen molar-refractivity contribution in [1.29, 1.82) is 0 Å². The number of hydrogen-bond acceptors (Lipinski definition) is 7. The van der Waals surface area contributed by atoms with Crippen LogP contribution >= 0.6 is 0 Å². The van der Waals surface area contributed by atoms with E-state index in [1.54, 1.807) is 24.3 Å². The number of nitrogens with one attached hydrogen (secondary N) is 1. The van der Waals surface area contributed by atoms with Crippen molar-refractivity contribution in [3.05, 3.63) is 94.5 Å². The summed E-state index contributed by atoms with van der Waals surface area (Å²) in [6.45, 7) is -0.514. The second-order valence-electron chi connectivity index (χ2n) is 6.59. The Balaban J connectivity index is 1.52. The van der Waals surface area contributed by atoms with E-state index in [0.717, 1.165) is 16.8 Å². The highest BCUT2D eigenvalue weighted by atomic mass is 32.2. The molecule has 1 heterocycles. The number of ether oxygens (including phenoxy) is 1. The first-order valence-electron chi connectivity index (χ1n) is 9.22. The number of nitrogens with zero attached hydrogens (tertiary/aromatic N) is 3. The van der Waals surface area contributed by atoms with Gasteiger partial charge in [0.15, 0.2) is 6.73 Å². The largest absolute Gasteiger partial charge is 0.439 e. The minimum absolute atomic E-state index is 0.0804. The van der Waals surface area contributed by atoms with Crippen LogP contribution in [-0.2, 0) is 21.5 Å². The normalized spacial score (nSPS) is 11.3. The zero-order valence-electron chi connectivity index (χ0n) is 16.3. The lowest BCUT2D eigenvalue weighted by Gasteiger charge is -2.10. The Kier molecular flexibility index (Phi) is 5.65. The molecular weight excluding hydrogens is 439 g/mol. The second-order valence-corrected chi connectivity index (χ2v) is 8.27. The quantitative estimate of drug-likeness (QED) is 0.445. The number of carbonyl (C=O) groups is 1. The summed E-state index contributed by atoms with van der Waals surface area (Å²) in [5, 5.41) is 7.92. The maximum atomic E-state index is 13.8. The van der Waals surface area contributed by atoms with Gasteiger partial charge in [-0.3, -0.25) is 9.52 Å². The van der Waals surface area contributed by atoms with Gasteiger partial charge in [0.1, 0.15) is 11.3 Å². The molecule has 0 radical (unpaired) electrons. The Labute approximate surface area is 181 Å². The lowest BCUT2D eigenvalue weighted by Crippen LogP contribution is -2.26. The second kappa shape index (κ2) is 8.55. The highest BCUT2D eigenvalue weighted by Crippen LogP contribution is 2.20. The van der Waals surface area contributed by atoms with Gasteiger partial charge in [-0.25, -0.2) is 17.6 Å². The average Bonchev–Trinajstić information content (AvgIpc) is 2.80. The van der Waals surface area contributed by atoms with E-state index < -0.39 is 34.1 Å². The van der Waals surface area contributed by atoms with E-state index in [0.29, 0.717) is 10.9 Å². The number of aromatic nitrogens is 3. The van der Waals surface area contributed by atoms with Crippen molar-refractivity contribution in [3.8, 4) is 0 Å². The van der Waals surface area contributed by atoms with Crippen LogP contribution in [0.25, 0.3) is 10.9 Å². The van der Waals surface area contributed by atoms with Crippen LogP contribution in [0, 0.1) is 5.82 Å². The smallest absolute Gasteiger partial charge is 0.339 e. The van der Waals surface area contributed by atoms with Crippen LogP contribution in [0.4, 0.5) is 10.1 Å². The molecule has 4 rings (SSSR count).